The van der Waals surface area contributed by atoms with Gasteiger partial charge in [-0.05, 0) is 56.0 Å². The Morgan fingerprint density at radius 2 is 2.14 bits per heavy atom. The van der Waals surface area contributed by atoms with Crippen molar-refractivity contribution in [1.29, 1.82) is 0 Å². The fraction of sp³-hybridized carbons (Fsp3) is 0.571. The molecule has 0 bridgehead atoms. The summed E-state index contributed by atoms with van der Waals surface area (Å²) in [7, 11) is -1.85. The van der Waals surface area contributed by atoms with E-state index >= 15 is 0 Å². The molecule has 21 heavy (non-hydrogen) atoms. The van der Waals surface area contributed by atoms with E-state index < -0.39 is 10.0 Å². The Bertz CT molecular complexity index is 578. The smallest absolute Gasteiger partial charge is 0.243 e. The molecule has 1 aromatic carbocycles. The molecule has 1 aliphatic rings. The number of aryl methyl sites for hydroxylation is 1. The van der Waals surface area contributed by atoms with E-state index in [1.54, 1.807) is 29.6 Å². The summed E-state index contributed by atoms with van der Waals surface area (Å²) in [5, 5.41) is 0. The first-order chi connectivity index (χ1) is 9.48. The normalized spacial score (nSPS) is 19.9. The molecule has 1 unspecified atom stereocenters. The number of halogens is 1. The van der Waals surface area contributed by atoms with Crippen LogP contribution in [0.25, 0.3) is 0 Å². The van der Waals surface area contributed by atoms with Crippen LogP contribution in [0.1, 0.15) is 18.4 Å². The number of hydrogen-bond donors (Lipinski definition) is 1. The number of ether oxygens (including phenoxy) is 1. The molecular formula is C14H23ClN2O3S. The van der Waals surface area contributed by atoms with E-state index in [0.717, 1.165) is 18.4 Å². The summed E-state index contributed by atoms with van der Waals surface area (Å²) in [6.45, 7) is 3.47. The highest BCUT2D eigenvalue weighted by Crippen LogP contribution is 2.26. The number of nitrogens with zero attached hydrogens (tertiary/aromatic N) is 1. The van der Waals surface area contributed by atoms with Gasteiger partial charge in [-0.3, -0.25) is 0 Å². The summed E-state index contributed by atoms with van der Waals surface area (Å²) in [5.74, 6) is 0.959. The Kier molecular flexibility index (Phi) is 6.46. The van der Waals surface area contributed by atoms with Crippen molar-refractivity contribution >= 4 is 22.4 Å². The van der Waals surface area contributed by atoms with Crippen molar-refractivity contribution in [1.82, 2.24) is 4.31 Å². The average molecular weight is 335 g/mol. The van der Waals surface area contributed by atoms with E-state index in [0.29, 0.717) is 30.3 Å². The maximum atomic E-state index is 12.6. The van der Waals surface area contributed by atoms with Gasteiger partial charge < -0.3 is 10.5 Å². The van der Waals surface area contributed by atoms with E-state index in [1.165, 1.54) is 0 Å². The molecule has 0 saturated carbocycles. The predicted molar refractivity (Wildman–Crippen MR) is 85.5 cm³/mol. The minimum Gasteiger partial charge on any atom is -0.496 e. The molecule has 2 N–H and O–H groups in total. The zero-order valence-electron chi connectivity index (χ0n) is 12.4. The van der Waals surface area contributed by atoms with Crippen LogP contribution in [0.5, 0.6) is 5.75 Å². The number of rotatable bonds is 4. The van der Waals surface area contributed by atoms with Crippen LogP contribution in [0.15, 0.2) is 23.1 Å². The molecule has 1 heterocycles. The third-order valence-corrected chi connectivity index (χ3v) is 5.68. The Morgan fingerprint density at radius 3 is 2.71 bits per heavy atom. The molecule has 0 aliphatic carbocycles. The lowest BCUT2D eigenvalue weighted by atomic mass is 10.0. The van der Waals surface area contributed by atoms with E-state index in [9.17, 15) is 8.42 Å². The molecule has 0 radical (unpaired) electrons. The van der Waals surface area contributed by atoms with Gasteiger partial charge in [-0.15, -0.1) is 12.4 Å². The number of methoxy groups -OCH3 is 1. The molecule has 1 atom stereocenters. The number of hydrogen-bond acceptors (Lipinski definition) is 4. The van der Waals surface area contributed by atoms with Gasteiger partial charge >= 0.3 is 0 Å². The van der Waals surface area contributed by atoms with Crippen molar-refractivity contribution < 1.29 is 13.2 Å². The maximum Gasteiger partial charge on any atom is 0.243 e. The van der Waals surface area contributed by atoms with E-state index in [2.05, 4.69) is 0 Å². The minimum absolute atomic E-state index is 0. The third kappa shape index (κ3) is 3.88. The first-order valence-corrected chi connectivity index (χ1v) is 8.28. The van der Waals surface area contributed by atoms with Gasteiger partial charge in [0.1, 0.15) is 5.75 Å². The fourth-order valence-corrected chi connectivity index (χ4v) is 4.24. The van der Waals surface area contributed by atoms with Crippen LogP contribution in [-0.2, 0) is 10.0 Å². The zero-order valence-corrected chi connectivity index (χ0v) is 14.0. The SMILES string of the molecule is COc1ccc(S(=O)(=O)N2CCCC(CN)C2)cc1C.Cl. The highest BCUT2D eigenvalue weighted by Gasteiger charge is 2.29. The Balaban J connectivity index is 0.00000220. The number of piperidine rings is 1. The van der Waals surface area contributed by atoms with Crippen molar-refractivity contribution in [3.63, 3.8) is 0 Å². The second-order valence-corrected chi connectivity index (χ2v) is 7.18. The lowest BCUT2D eigenvalue weighted by Gasteiger charge is -2.31. The van der Waals surface area contributed by atoms with Crippen LogP contribution in [0, 0.1) is 12.8 Å². The predicted octanol–water partition coefficient (Wildman–Crippen LogP) is 1.78. The van der Waals surface area contributed by atoms with Gasteiger partial charge in [0.05, 0.1) is 12.0 Å². The molecule has 7 heteroatoms. The highest BCUT2D eigenvalue weighted by atomic mass is 35.5. The van der Waals surface area contributed by atoms with Crippen LogP contribution < -0.4 is 10.5 Å². The molecule has 0 spiro atoms. The van der Waals surface area contributed by atoms with Gasteiger partial charge in [0.25, 0.3) is 0 Å². The molecule has 1 aromatic rings. The van der Waals surface area contributed by atoms with Gasteiger partial charge in [0, 0.05) is 13.1 Å². The summed E-state index contributed by atoms with van der Waals surface area (Å²) < 4.78 is 32.0. The van der Waals surface area contributed by atoms with E-state index in [-0.39, 0.29) is 18.3 Å². The molecule has 0 aromatic heterocycles. The molecule has 2 rings (SSSR count). The molecular weight excluding hydrogens is 312 g/mol. The van der Waals surface area contributed by atoms with Crippen LogP contribution in [0.3, 0.4) is 0 Å². The van der Waals surface area contributed by atoms with Gasteiger partial charge in [-0.2, -0.15) is 4.31 Å². The van der Waals surface area contributed by atoms with Crippen LogP contribution in [0.2, 0.25) is 0 Å². The van der Waals surface area contributed by atoms with Crippen LogP contribution in [-0.4, -0.2) is 39.5 Å². The number of benzene rings is 1. The third-order valence-electron chi connectivity index (χ3n) is 3.82. The largest absolute Gasteiger partial charge is 0.496 e. The Hall–Kier alpha value is -0.820. The second-order valence-electron chi connectivity index (χ2n) is 5.24. The van der Waals surface area contributed by atoms with Gasteiger partial charge in [0.2, 0.25) is 10.0 Å². The van der Waals surface area contributed by atoms with Crippen molar-refractivity contribution in [3.8, 4) is 5.75 Å². The van der Waals surface area contributed by atoms with Crippen molar-refractivity contribution in [3.05, 3.63) is 23.8 Å². The van der Waals surface area contributed by atoms with Gasteiger partial charge in [-0.1, -0.05) is 0 Å². The summed E-state index contributed by atoms with van der Waals surface area (Å²) in [4.78, 5) is 0.327. The Morgan fingerprint density at radius 1 is 1.43 bits per heavy atom. The first kappa shape index (κ1) is 18.2. The van der Waals surface area contributed by atoms with Crippen molar-refractivity contribution in [2.75, 3.05) is 26.7 Å². The van der Waals surface area contributed by atoms with Crippen LogP contribution in [0.4, 0.5) is 0 Å². The minimum atomic E-state index is -3.43. The molecule has 120 valence electrons. The summed E-state index contributed by atoms with van der Waals surface area (Å²) >= 11 is 0. The van der Waals surface area contributed by atoms with Crippen LogP contribution >= 0.6 is 12.4 Å². The van der Waals surface area contributed by atoms with Crippen molar-refractivity contribution in [2.45, 2.75) is 24.7 Å². The molecule has 0 amide bonds. The Labute approximate surface area is 132 Å². The quantitative estimate of drug-likeness (QED) is 0.911. The van der Waals surface area contributed by atoms with E-state index in [1.807, 2.05) is 6.92 Å². The first-order valence-electron chi connectivity index (χ1n) is 6.84. The highest BCUT2D eigenvalue weighted by molar-refractivity contribution is 7.89. The monoisotopic (exact) mass is 334 g/mol. The molecule has 1 aliphatic heterocycles. The molecule has 5 nitrogen and oxygen atoms in total. The summed E-state index contributed by atoms with van der Waals surface area (Å²) in [5.41, 5.74) is 6.49. The van der Waals surface area contributed by atoms with Gasteiger partial charge in [0.15, 0.2) is 0 Å². The average Bonchev–Trinajstić information content (AvgIpc) is 2.47. The fourth-order valence-electron chi connectivity index (χ4n) is 2.60. The van der Waals surface area contributed by atoms with E-state index in [4.69, 9.17) is 10.5 Å². The summed E-state index contributed by atoms with van der Waals surface area (Å²) in [6, 6.07) is 4.97. The van der Waals surface area contributed by atoms with Gasteiger partial charge in [-0.25, -0.2) is 8.42 Å². The molecule has 1 fully saturated rings. The lowest BCUT2D eigenvalue weighted by Crippen LogP contribution is -2.41. The lowest BCUT2D eigenvalue weighted by molar-refractivity contribution is 0.271. The standard InChI is InChI=1S/C14H22N2O3S.ClH/c1-11-8-13(5-6-14(11)19-2)20(17,18)16-7-3-4-12(9-15)10-16;/h5-6,8,12H,3-4,7,9-10,15H2,1-2H3;1H. The molecule has 1 saturated heterocycles. The maximum absolute atomic E-state index is 12.6. The number of sulfonamides is 1. The second kappa shape index (κ2) is 7.45. The van der Waals surface area contributed by atoms with Crippen molar-refractivity contribution in [2.24, 2.45) is 11.7 Å². The topological polar surface area (TPSA) is 72.6 Å². The zero-order chi connectivity index (χ0) is 14.8. The number of nitrogens with two attached hydrogens (primary N) is 1. The summed E-state index contributed by atoms with van der Waals surface area (Å²) in [6.07, 6.45) is 1.88.